The van der Waals surface area contributed by atoms with E-state index < -0.39 is 5.97 Å². The lowest BCUT2D eigenvalue weighted by molar-refractivity contribution is 0.0697. The van der Waals surface area contributed by atoms with Crippen molar-refractivity contribution in [3.63, 3.8) is 0 Å². The molecule has 0 atom stereocenters. The van der Waals surface area contributed by atoms with E-state index in [2.05, 4.69) is 15.3 Å². The van der Waals surface area contributed by atoms with Crippen LogP contribution in [0.2, 0.25) is 0 Å². The number of imidazole rings is 1. The van der Waals surface area contributed by atoms with Crippen LogP contribution in [-0.4, -0.2) is 30.6 Å². The number of anilines is 2. The Labute approximate surface area is 148 Å². The van der Waals surface area contributed by atoms with Gasteiger partial charge >= 0.3 is 5.97 Å². The van der Waals surface area contributed by atoms with Crippen LogP contribution >= 0.6 is 0 Å². The SMILES string of the molecule is O=C(O)c1ccc(Nc2c(-c3cccc(O)c3)nc3cnccn23)cc1. The lowest BCUT2D eigenvalue weighted by Crippen LogP contribution is -1.99. The summed E-state index contributed by atoms with van der Waals surface area (Å²) < 4.78 is 1.84. The third-order valence-corrected chi connectivity index (χ3v) is 3.94. The van der Waals surface area contributed by atoms with Gasteiger partial charge in [0.2, 0.25) is 0 Å². The number of phenols is 1. The number of nitrogens with zero attached hydrogens (tertiary/aromatic N) is 3. The van der Waals surface area contributed by atoms with Gasteiger partial charge in [-0.25, -0.2) is 9.78 Å². The number of aromatic hydroxyl groups is 1. The maximum Gasteiger partial charge on any atom is 0.335 e. The fraction of sp³-hybridized carbons (Fsp3) is 0. The number of aromatic nitrogens is 3. The molecule has 26 heavy (non-hydrogen) atoms. The monoisotopic (exact) mass is 346 g/mol. The third kappa shape index (κ3) is 2.82. The lowest BCUT2D eigenvalue weighted by Gasteiger charge is -2.09. The molecule has 2 heterocycles. The van der Waals surface area contributed by atoms with Gasteiger partial charge in [-0.05, 0) is 36.4 Å². The molecule has 2 aromatic carbocycles. The van der Waals surface area contributed by atoms with E-state index >= 15 is 0 Å². The molecular formula is C19H14N4O3. The van der Waals surface area contributed by atoms with Crippen molar-refractivity contribution in [3.05, 3.63) is 72.7 Å². The predicted molar refractivity (Wildman–Crippen MR) is 96.8 cm³/mol. The Hall–Kier alpha value is -3.87. The first kappa shape index (κ1) is 15.6. The molecule has 0 bridgehead atoms. The zero-order valence-electron chi connectivity index (χ0n) is 13.5. The van der Waals surface area contributed by atoms with Crippen molar-refractivity contribution < 1.29 is 15.0 Å². The number of benzene rings is 2. The molecule has 3 N–H and O–H groups in total. The molecule has 0 aliphatic carbocycles. The molecule has 0 unspecified atom stereocenters. The molecule has 7 heteroatoms. The second-order valence-corrected chi connectivity index (χ2v) is 5.67. The van der Waals surface area contributed by atoms with Gasteiger partial charge in [0.1, 0.15) is 17.3 Å². The van der Waals surface area contributed by atoms with Gasteiger partial charge in [-0.1, -0.05) is 12.1 Å². The summed E-state index contributed by atoms with van der Waals surface area (Å²) in [6, 6.07) is 13.3. The van der Waals surface area contributed by atoms with E-state index in [9.17, 15) is 9.90 Å². The number of aromatic carboxylic acids is 1. The molecule has 7 nitrogen and oxygen atoms in total. The highest BCUT2D eigenvalue weighted by atomic mass is 16.4. The average Bonchev–Trinajstić information content (AvgIpc) is 3.01. The number of rotatable bonds is 4. The first-order valence-corrected chi connectivity index (χ1v) is 7.84. The first-order chi connectivity index (χ1) is 12.6. The summed E-state index contributed by atoms with van der Waals surface area (Å²) >= 11 is 0. The number of carboxylic acids is 1. The fourth-order valence-electron chi connectivity index (χ4n) is 2.71. The van der Waals surface area contributed by atoms with Crippen molar-refractivity contribution in [3.8, 4) is 17.0 Å². The molecule has 4 rings (SSSR count). The minimum absolute atomic E-state index is 0.148. The summed E-state index contributed by atoms with van der Waals surface area (Å²) in [6.07, 6.45) is 5.08. The molecular weight excluding hydrogens is 332 g/mol. The number of nitrogens with one attached hydrogen (secondary N) is 1. The van der Waals surface area contributed by atoms with E-state index in [0.717, 1.165) is 11.3 Å². The van der Waals surface area contributed by atoms with Crippen LogP contribution in [0.1, 0.15) is 10.4 Å². The first-order valence-electron chi connectivity index (χ1n) is 7.84. The van der Waals surface area contributed by atoms with Crippen LogP contribution < -0.4 is 5.32 Å². The van der Waals surface area contributed by atoms with Gasteiger partial charge in [-0.15, -0.1) is 0 Å². The van der Waals surface area contributed by atoms with Crippen LogP contribution in [0, 0.1) is 0 Å². The summed E-state index contributed by atoms with van der Waals surface area (Å²) in [6.45, 7) is 0. The molecule has 0 saturated heterocycles. The van der Waals surface area contributed by atoms with Gasteiger partial charge in [-0.3, -0.25) is 9.38 Å². The van der Waals surface area contributed by atoms with Crippen LogP contribution in [0.25, 0.3) is 16.9 Å². The van der Waals surface area contributed by atoms with Gasteiger partial charge in [-0.2, -0.15) is 0 Å². The Kier molecular flexibility index (Phi) is 3.74. The van der Waals surface area contributed by atoms with E-state index in [4.69, 9.17) is 5.11 Å². The van der Waals surface area contributed by atoms with Gasteiger partial charge in [0, 0.05) is 23.6 Å². The molecule has 4 aromatic rings. The smallest absolute Gasteiger partial charge is 0.335 e. The van der Waals surface area contributed by atoms with Gasteiger partial charge < -0.3 is 15.5 Å². The number of fused-ring (bicyclic) bond motifs is 1. The van der Waals surface area contributed by atoms with E-state index in [-0.39, 0.29) is 11.3 Å². The van der Waals surface area contributed by atoms with Crippen molar-refractivity contribution >= 4 is 23.1 Å². The highest BCUT2D eigenvalue weighted by Gasteiger charge is 2.15. The summed E-state index contributed by atoms with van der Waals surface area (Å²) in [5.41, 5.74) is 2.98. The summed E-state index contributed by atoms with van der Waals surface area (Å²) in [4.78, 5) is 19.7. The Balaban J connectivity index is 1.82. The van der Waals surface area contributed by atoms with Crippen LogP contribution in [0.15, 0.2) is 67.1 Å². The molecule has 128 valence electrons. The predicted octanol–water partition coefficient (Wildman–Crippen LogP) is 3.54. The summed E-state index contributed by atoms with van der Waals surface area (Å²) in [7, 11) is 0. The molecule has 0 radical (unpaired) electrons. The molecule has 2 aromatic heterocycles. The van der Waals surface area contributed by atoms with Crippen molar-refractivity contribution in [2.75, 3.05) is 5.32 Å². The Morgan fingerprint density at radius 1 is 1.12 bits per heavy atom. The minimum atomic E-state index is -0.974. The summed E-state index contributed by atoms with van der Waals surface area (Å²) in [5, 5.41) is 22.1. The normalized spacial score (nSPS) is 10.8. The second-order valence-electron chi connectivity index (χ2n) is 5.67. The zero-order chi connectivity index (χ0) is 18.1. The molecule has 0 fully saturated rings. The molecule has 0 spiro atoms. The van der Waals surface area contributed by atoms with Crippen molar-refractivity contribution in [1.82, 2.24) is 14.4 Å². The molecule has 0 saturated carbocycles. The lowest BCUT2D eigenvalue weighted by atomic mass is 10.1. The largest absolute Gasteiger partial charge is 0.508 e. The van der Waals surface area contributed by atoms with Crippen molar-refractivity contribution in [1.29, 1.82) is 0 Å². The maximum absolute atomic E-state index is 11.0. The topological polar surface area (TPSA) is 99.8 Å². The highest BCUT2D eigenvalue weighted by molar-refractivity contribution is 5.88. The highest BCUT2D eigenvalue weighted by Crippen LogP contribution is 2.32. The number of carboxylic acid groups (broad SMARTS) is 1. The van der Waals surface area contributed by atoms with E-state index in [1.807, 2.05) is 10.5 Å². The Bertz CT molecular complexity index is 1100. The second kappa shape index (κ2) is 6.21. The Morgan fingerprint density at radius 3 is 2.65 bits per heavy atom. The van der Waals surface area contributed by atoms with Gasteiger partial charge in [0.15, 0.2) is 5.65 Å². The number of phenolic OH excluding ortho intramolecular Hbond substituents is 1. The fourth-order valence-corrected chi connectivity index (χ4v) is 2.71. The van der Waals surface area contributed by atoms with Crippen LogP contribution in [0.3, 0.4) is 0 Å². The molecule has 0 aliphatic heterocycles. The van der Waals surface area contributed by atoms with E-state index in [1.54, 1.807) is 48.9 Å². The minimum Gasteiger partial charge on any atom is -0.508 e. The number of hydrogen-bond acceptors (Lipinski definition) is 5. The van der Waals surface area contributed by atoms with Gasteiger partial charge in [0.25, 0.3) is 0 Å². The average molecular weight is 346 g/mol. The molecule has 0 amide bonds. The van der Waals surface area contributed by atoms with Crippen molar-refractivity contribution in [2.24, 2.45) is 0 Å². The maximum atomic E-state index is 11.0. The van der Waals surface area contributed by atoms with E-state index in [1.165, 1.54) is 12.1 Å². The molecule has 0 aliphatic rings. The Morgan fingerprint density at radius 2 is 1.92 bits per heavy atom. The number of hydrogen-bond donors (Lipinski definition) is 3. The van der Waals surface area contributed by atoms with Crippen LogP contribution in [0.5, 0.6) is 5.75 Å². The van der Waals surface area contributed by atoms with Crippen molar-refractivity contribution in [2.45, 2.75) is 0 Å². The quantitative estimate of drug-likeness (QED) is 0.523. The number of carbonyl (C=O) groups is 1. The zero-order valence-corrected chi connectivity index (χ0v) is 13.5. The van der Waals surface area contributed by atoms with Crippen LogP contribution in [-0.2, 0) is 0 Å². The summed E-state index contributed by atoms with van der Waals surface area (Å²) in [5.74, 6) is -0.136. The van der Waals surface area contributed by atoms with E-state index in [0.29, 0.717) is 17.2 Å². The third-order valence-electron chi connectivity index (χ3n) is 3.94. The van der Waals surface area contributed by atoms with Crippen LogP contribution in [0.4, 0.5) is 11.5 Å². The van der Waals surface area contributed by atoms with Gasteiger partial charge in [0.05, 0.1) is 11.8 Å². The standard InChI is InChI=1S/C19H14N4O3/c24-15-3-1-2-13(10-15)17-18(23-9-8-20-11-16(23)22-17)21-14-6-4-12(5-7-14)19(25)26/h1-11,21,24H,(H,25,26).